The molecule has 1 aromatic heterocycles. The van der Waals surface area contributed by atoms with Gasteiger partial charge in [0.15, 0.2) is 0 Å². The van der Waals surface area contributed by atoms with Crippen molar-refractivity contribution in [3.63, 3.8) is 0 Å². The first kappa shape index (κ1) is 19.9. The van der Waals surface area contributed by atoms with E-state index in [1.807, 2.05) is 28.8 Å². The van der Waals surface area contributed by atoms with Crippen LogP contribution < -0.4 is 10.6 Å². The molecule has 4 rings (SSSR count). The van der Waals surface area contributed by atoms with Gasteiger partial charge in [-0.25, -0.2) is 4.98 Å². The number of nitrogens with one attached hydrogen (secondary N) is 2. The van der Waals surface area contributed by atoms with Gasteiger partial charge in [0.2, 0.25) is 11.8 Å². The lowest BCUT2D eigenvalue weighted by Gasteiger charge is -2.23. The summed E-state index contributed by atoms with van der Waals surface area (Å²) in [7, 11) is 0. The third-order valence-electron chi connectivity index (χ3n) is 5.88. The van der Waals surface area contributed by atoms with Crippen molar-refractivity contribution in [2.45, 2.75) is 70.1 Å². The zero-order chi connectivity index (χ0) is 20.1. The summed E-state index contributed by atoms with van der Waals surface area (Å²) in [5.41, 5.74) is 1.82. The van der Waals surface area contributed by atoms with Crippen molar-refractivity contribution in [1.29, 1.82) is 0 Å². The Balaban J connectivity index is 1.41. The van der Waals surface area contributed by atoms with Gasteiger partial charge in [-0.15, -0.1) is 0 Å². The van der Waals surface area contributed by atoms with Gasteiger partial charge in [-0.3, -0.25) is 9.59 Å². The van der Waals surface area contributed by atoms with Gasteiger partial charge in [-0.05, 0) is 37.8 Å². The van der Waals surface area contributed by atoms with E-state index < -0.39 is 0 Å². The number of rotatable bonds is 7. The molecule has 7 heteroatoms. The average molecular weight is 399 g/mol. The first-order chi connectivity index (χ1) is 14.2. The number of carbonyl (C=O) groups is 2. The summed E-state index contributed by atoms with van der Waals surface area (Å²) in [6.07, 6.45) is 7.75. The minimum Gasteiger partial charge on any atom is -0.368 e. The van der Waals surface area contributed by atoms with Crippen LogP contribution in [0.25, 0.3) is 11.0 Å². The maximum absolute atomic E-state index is 12.7. The molecule has 0 spiro atoms. The zero-order valence-corrected chi connectivity index (χ0v) is 16.9. The second kappa shape index (κ2) is 9.39. The summed E-state index contributed by atoms with van der Waals surface area (Å²) in [5, 5.41) is 6.13. The monoisotopic (exact) mass is 398 g/mol. The van der Waals surface area contributed by atoms with Gasteiger partial charge in [0.05, 0.1) is 11.0 Å². The highest BCUT2D eigenvalue weighted by atomic mass is 16.5. The van der Waals surface area contributed by atoms with Crippen molar-refractivity contribution in [3.05, 3.63) is 30.1 Å². The van der Waals surface area contributed by atoms with E-state index in [2.05, 4.69) is 10.6 Å². The minimum absolute atomic E-state index is 0.0321. The van der Waals surface area contributed by atoms with Gasteiger partial charge in [-0.1, -0.05) is 31.4 Å². The van der Waals surface area contributed by atoms with Crippen LogP contribution in [0.15, 0.2) is 24.3 Å². The molecule has 0 bridgehead atoms. The van der Waals surface area contributed by atoms with Crippen molar-refractivity contribution >= 4 is 22.8 Å². The quantitative estimate of drug-likeness (QED) is 0.750. The summed E-state index contributed by atoms with van der Waals surface area (Å²) in [6.45, 7) is 1.39. The molecular formula is C22H30N4O3. The van der Waals surface area contributed by atoms with Crippen molar-refractivity contribution in [2.24, 2.45) is 0 Å². The minimum atomic E-state index is -0.324. The number of imidazole rings is 1. The molecule has 2 aliphatic rings. The zero-order valence-electron chi connectivity index (χ0n) is 16.9. The molecule has 2 aromatic rings. The fourth-order valence-corrected chi connectivity index (χ4v) is 4.35. The van der Waals surface area contributed by atoms with E-state index >= 15 is 0 Å². The van der Waals surface area contributed by atoms with Gasteiger partial charge in [0.1, 0.15) is 18.5 Å². The number of hydrogen-bond donors (Lipinski definition) is 2. The lowest BCUT2D eigenvalue weighted by atomic mass is 9.95. The first-order valence-electron chi connectivity index (χ1n) is 10.8. The Hall–Kier alpha value is -2.41. The van der Waals surface area contributed by atoms with Gasteiger partial charge in [0, 0.05) is 25.6 Å². The van der Waals surface area contributed by atoms with E-state index in [4.69, 9.17) is 9.72 Å². The summed E-state index contributed by atoms with van der Waals surface area (Å²) in [5.74, 6) is 0.794. The van der Waals surface area contributed by atoms with Crippen molar-refractivity contribution in [1.82, 2.24) is 20.2 Å². The molecule has 0 radical (unpaired) electrons. The molecule has 1 atom stereocenters. The maximum Gasteiger partial charge on any atom is 0.249 e. The summed E-state index contributed by atoms with van der Waals surface area (Å²) in [6, 6.07) is 8.15. The van der Waals surface area contributed by atoms with Crippen LogP contribution >= 0.6 is 0 Å². The van der Waals surface area contributed by atoms with Crippen molar-refractivity contribution < 1.29 is 14.3 Å². The number of para-hydroxylation sites is 2. The number of hydrogen-bond acceptors (Lipinski definition) is 4. The van der Waals surface area contributed by atoms with Crippen LogP contribution in [0.4, 0.5) is 0 Å². The van der Waals surface area contributed by atoms with Crippen LogP contribution in [-0.4, -0.2) is 46.7 Å². The van der Waals surface area contributed by atoms with Crippen LogP contribution in [0.1, 0.15) is 50.8 Å². The van der Waals surface area contributed by atoms with Crippen molar-refractivity contribution in [3.8, 4) is 0 Å². The molecule has 1 unspecified atom stereocenters. The van der Waals surface area contributed by atoms with E-state index in [-0.39, 0.29) is 24.5 Å². The first-order valence-corrected chi connectivity index (χ1v) is 10.8. The lowest BCUT2D eigenvalue weighted by Crippen LogP contribution is -2.38. The number of amides is 2. The normalized spacial score (nSPS) is 20.1. The molecule has 2 amide bonds. The van der Waals surface area contributed by atoms with Crippen LogP contribution in [-0.2, 0) is 27.3 Å². The molecule has 2 heterocycles. The van der Waals surface area contributed by atoms with Gasteiger partial charge in [0.25, 0.3) is 0 Å². The van der Waals surface area contributed by atoms with E-state index in [0.717, 1.165) is 42.5 Å². The fourth-order valence-electron chi connectivity index (χ4n) is 4.35. The Morgan fingerprint density at radius 3 is 2.72 bits per heavy atom. The SMILES string of the molecule is O=C(Cn1c(CCNC(=O)C2CCCO2)nc2ccccc21)NC1CCCCC1. The van der Waals surface area contributed by atoms with E-state index in [9.17, 15) is 9.59 Å². The largest absolute Gasteiger partial charge is 0.368 e. The topological polar surface area (TPSA) is 85.2 Å². The Labute approximate surface area is 171 Å². The standard InChI is InChI=1S/C22H30N4O3/c27-21(24-16-7-2-1-3-8-16)15-26-18-10-5-4-9-17(18)25-20(26)12-13-23-22(28)19-11-6-14-29-19/h4-5,9-10,16,19H,1-3,6-8,11-15H2,(H,23,28)(H,24,27). The predicted molar refractivity (Wildman–Crippen MR) is 110 cm³/mol. The summed E-state index contributed by atoms with van der Waals surface area (Å²) < 4.78 is 7.41. The average Bonchev–Trinajstić information content (AvgIpc) is 3.38. The molecule has 2 N–H and O–H groups in total. The molecule has 1 saturated carbocycles. The van der Waals surface area contributed by atoms with Crippen LogP contribution in [0.5, 0.6) is 0 Å². The second-order valence-corrected chi connectivity index (χ2v) is 8.05. The Morgan fingerprint density at radius 2 is 1.93 bits per heavy atom. The molecule has 7 nitrogen and oxygen atoms in total. The second-order valence-electron chi connectivity index (χ2n) is 8.05. The van der Waals surface area contributed by atoms with E-state index in [0.29, 0.717) is 25.6 Å². The highest BCUT2D eigenvalue weighted by Crippen LogP contribution is 2.19. The Kier molecular flexibility index (Phi) is 6.44. The van der Waals surface area contributed by atoms with Crippen LogP contribution in [0.2, 0.25) is 0 Å². The summed E-state index contributed by atoms with van der Waals surface area (Å²) in [4.78, 5) is 29.6. The number of fused-ring (bicyclic) bond motifs is 1. The predicted octanol–water partition coefficient (Wildman–Crippen LogP) is 2.32. The molecule has 2 fully saturated rings. The Bertz CT molecular complexity index is 851. The molecule has 156 valence electrons. The summed E-state index contributed by atoms with van der Waals surface area (Å²) >= 11 is 0. The molecule has 1 saturated heterocycles. The highest BCUT2D eigenvalue weighted by molar-refractivity contribution is 5.82. The Morgan fingerprint density at radius 1 is 1.10 bits per heavy atom. The molecule has 1 aliphatic heterocycles. The molecule has 29 heavy (non-hydrogen) atoms. The fraction of sp³-hybridized carbons (Fsp3) is 0.591. The molecular weight excluding hydrogens is 368 g/mol. The number of aromatic nitrogens is 2. The van der Waals surface area contributed by atoms with E-state index in [1.165, 1.54) is 19.3 Å². The molecule has 1 aliphatic carbocycles. The van der Waals surface area contributed by atoms with E-state index in [1.54, 1.807) is 0 Å². The maximum atomic E-state index is 12.7. The smallest absolute Gasteiger partial charge is 0.249 e. The van der Waals surface area contributed by atoms with Gasteiger partial charge in [-0.2, -0.15) is 0 Å². The number of carbonyl (C=O) groups excluding carboxylic acids is 2. The molecule has 1 aromatic carbocycles. The van der Waals surface area contributed by atoms with Crippen LogP contribution in [0, 0.1) is 0 Å². The van der Waals surface area contributed by atoms with Gasteiger partial charge < -0.3 is 19.9 Å². The highest BCUT2D eigenvalue weighted by Gasteiger charge is 2.23. The van der Waals surface area contributed by atoms with Crippen LogP contribution in [0.3, 0.4) is 0 Å². The third-order valence-corrected chi connectivity index (χ3v) is 5.88. The van der Waals surface area contributed by atoms with Crippen molar-refractivity contribution in [2.75, 3.05) is 13.2 Å². The number of nitrogens with zero attached hydrogens (tertiary/aromatic N) is 2. The van der Waals surface area contributed by atoms with Gasteiger partial charge >= 0.3 is 0 Å². The lowest BCUT2D eigenvalue weighted by molar-refractivity contribution is -0.130. The number of ether oxygens (including phenoxy) is 1. The number of benzene rings is 1. The third kappa shape index (κ3) is 4.96.